The molecule has 1 aliphatic heterocycles. The van der Waals surface area contributed by atoms with Crippen molar-refractivity contribution in [3.63, 3.8) is 0 Å². The van der Waals surface area contributed by atoms with Crippen molar-refractivity contribution in [1.82, 2.24) is 29.9 Å². The summed E-state index contributed by atoms with van der Waals surface area (Å²) in [6.07, 6.45) is 4.78. The minimum atomic E-state index is 0.146. The number of aromatic amines is 1. The molecule has 2 fully saturated rings. The van der Waals surface area contributed by atoms with Crippen LogP contribution in [0.1, 0.15) is 43.0 Å². The average Bonchev–Trinajstić information content (AvgIpc) is 3.04. The Hall–Kier alpha value is -2.22. The Labute approximate surface area is 152 Å². The molecule has 26 heavy (non-hydrogen) atoms. The van der Waals surface area contributed by atoms with Crippen LogP contribution in [0.25, 0.3) is 0 Å². The van der Waals surface area contributed by atoms with Crippen LogP contribution in [0.2, 0.25) is 0 Å². The monoisotopic (exact) mass is 358 g/mol. The zero-order chi connectivity index (χ0) is 18.1. The van der Waals surface area contributed by atoms with Gasteiger partial charge >= 0.3 is 0 Å². The van der Waals surface area contributed by atoms with Crippen molar-refractivity contribution in [2.75, 3.05) is 20.2 Å². The van der Waals surface area contributed by atoms with Gasteiger partial charge in [-0.2, -0.15) is 10.2 Å². The second-order valence-electron chi connectivity index (χ2n) is 7.32. The van der Waals surface area contributed by atoms with E-state index < -0.39 is 0 Å². The highest BCUT2D eigenvalue weighted by atomic mass is 16.5. The number of carbonyl (C=O) groups excluding carboxylic acids is 1. The summed E-state index contributed by atoms with van der Waals surface area (Å²) < 4.78 is 6.97. The molecule has 0 unspecified atom stereocenters. The van der Waals surface area contributed by atoms with Crippen LogP contribution in [-0.2, 0) is 29.1 Å². The van der Waals surface area contributed by atoms with Gasteiger partial charge < -0.3 is 9.64 Å². The fourth-order valence-corrected chi connectivity index (χ4v) is 3.93. The molecule has 2 aliphatic rings. The second kappa shape index (κ2) is 7.19. The summed E-state index contributed by atoms with van der Waals surface area (Å²) in [7, 11) is 1.64. The predicted molar refractivity (Wildman–Crippen MR) is 94.2 cm³/mol. The van der Waals surface area contributed by atoms with E-state index in [4.69, 9.17) is 4.74 Å². The van der Waals surface area contributed by atoms with E-state index in [2.05, 4.69) is 20.3 Å². The maximum atomic E-state index is 12.8. The van der Waals surface area contributed by atoms with Crippen LogP contribution in [-0.4, -0.2) is 56.0 Å². The smallest absolute Gasteiger partial charge is 0.228 e. The van der Waals surface area contributed by atoms with Gasteiger partial charge in [-0.15, -0.1) is 0 Å². The number of aryl methyl sites for hydroxylation is 1. The predicted octanol–water partition coefficient (Wildman–Crippen LogP) is 1.36. The second-order valence-corrected chi connectivity index (χ2v) is 7.32. The van der Waals surface area contributed by atoms with E-state index in [0.29, 0.717) is 31.4 Å². The number of H-pyrrole nitrogens is 1. The summed E-state index contributed by atoms with van der Waals surface area (Å²) in [6, 6.07) is 1.93. The molecule has 1 amide bonds. The zero-order valence-corrected chi connectivity index (χ0v) is 15.4. The highest BCUT2D eigenvalue weighted by Crippen LogP contribution is 2.47. The summed E-state index contributed by atoms with van der Waals surface area (Å²) >= 11 is 0. The third-order valence-electron chi connectivity index (χ3n) is 5.46. The molecule has 3 heterocycles. The van der Waals surface area contributed by atoms with Crippen molar-refractivity contribution in [3.05, 3.63) is 29.6 Å². The Balaban J connectivity index is 1.45. The molecular weight excluding hydrogens is 332 g/mol. The van der Waals surface area contributed by atoms with Gasteiger partial charge in [0.2, 0.25) is 5.91 Å². The minimum Gasteiger partial charge on any atom is -0.377 e. The fourth-order valence-electron chi connectivity index (χ4n) is 3.93. The summed E-state index contributed by atoms with van der Waals surface area (Å²) in [6.45, 7) is 4.78. The van der Waals surface area contributed by atoms with Gasteiger partial charge in [-0.1, -0.05) is 0 Å². The number of nitrogens with one attached hydrogen (secondary N) is 1. The first-order chi connectivity index (χ1) is 12.7. The summed E-state index contributed by atoms with van der Waals surface area (Å²) in [5, 5.41) is 11.8. The number of nitrogens with zero attached hydrogens (tertiary/aromatic N) is 5. The first-order valence-corrected chi connectivity index (χ1v) is 9.38. The maximum absolute atomic E-state index is 12.8. The highest BCUT2D eigenvalue weighted by molar-refractivity contribution is 5.78. The van der Waals surface area contributed by atoms with Crippen molar-refractivity contribution in [3.8, 4) is 0 Å². The summed E-state index contributed by atoms with van der Waals surface area (Å²) in [5.41, 5.74) is 0.837. The van der Waals surface area contributed by atoms with Crippen LogP contribution in [0, 0.1) is 11.8 Å². The Morgan fingerprint density at radius 1 is 1.38 bits per heavy atom. The SMILES string of the molecule is CCn1ccc(CC(=O)N2C[C@H](c3n[nH]c(COC)n3)[C@@H](C3CC3)C2)n1. The number of amides is 1. The average molecular weight is 358 g/mol. The van der Waals surface area contributed by atoms with Gasteiger partial charge in [-0.05, 0) is 37.7 Å². The quantitative estimate of drug-likeness (QED) is 0.807. The lowest BCUT2D eigenvalue weighted by Crippen LogP contribution is -2.30. The van der Waals surface area contributed by atoms with E-state index in [1.165, 1.54) is 12.8 Å². The van der Waals surface area contributed by atoms with Crippen LogP contribution in [0.4, 0.5) is 0 Å². The number of carbonyl (C=O) groups is 1. The van der Waals surface area contributed by atoms with Crippen molar-refractivity contribution < 1.29 is 9.53 Å². The van der Waals surface area contributed by atoms with Crippen LogP contribution in [0.3, 0.4) is 0 Å². The van der Waals surface area contributed by atoms with E-state index in [1.807, 2.05) is 28.8 Å². The molecule has 1 N–H and O–H groups in total. The molecule has 0 aromatic carbocycles. The molecule has 140 valence electrons. The molecule has 2 atom stereocenters. The number of likely N-dealkylation sites (tertiary alicyclic amines) is 1. The van der Waals surface area contributed by atoms with Crippen molar-refractivity contribution in [1.29, 1.82) is 0 Å². The van der Waals surface area contributed by atoms with Crippen molar-refractivity contribution in [2.45, 2.75) is 45.3 Å². The molecule has 2 aromatic heterocycles. The Morgan fingerprint density at radius 2 is 2.23 bits per heavy atom. The molecule has 0 radical (unpaired) electrons. The van der Waals surface area contributed by atoms with Gasteiger partial charge in [0, 0.05) is 38.9 Å². The van der Waals surface area contributed by atoms with Gasteiger partial charge in [-0.25, -0.2) is 4.98 Å². The Morgan fingerprint density at radius 3 is 2.92 bits per heavy atom. The number of hydrogen-bond acceptors (Lipinski definition) is 5. The van der Waals surface area contributed by atoms with E-state index in [1.54, 1.807) is 7.11 Å². The van der Waals surface area contributed by atoms with E-state index in [-0.39, 0.29) is 11.8 Å². The number of ether oxygens (including phenoxy) is 1. The van der Waals surface area contributed by atoms with Crippen molar-refractivity contribution >= 4 is 5.91 Å². The van der Waals surface area contributed by atoms with Gasteiger partial charge in [-0.3, -0.25) is 14.6 Å². The fraction of sp³-hybridized carbons (Fsp3) is 0.667. The molecule has 1 saturated carbocycles. The molecule has 2 aromatic rings. The third kappa shape index (κ3) is 3.51. The zero-order valence-electron chi connectivity index (χ0n) is 15.4. The molecule has 8 heteroatoms. The Bertz CT molecular complexity index is 765. The number of hydrogen-bond donors (Lipinski definition) is 1. The van der Waals surface area contributed by atoms with Crippen LogP contribution < -0.4 is 0 Å². The van der Waals surface area contributed by atoms with Gasteiger partial charge in [0.15, 0.2) is 11.6 Å². The van der Waals surface area contributed by atoms with E-state index in [0.717, 1.165) is 30.4 Å². The normalized spacial score (nSPS) is 22.9. The molecule has 4 rings (SSSR count). The molecule has 1 aliphatic carbocycles. The van der Waals surface area contributed by atoms with Crippen LogP contribution in [0.15, 0.2) is 12.3 Å². The number of aromatic nitrogens is 5. The molecule has 8 nitrogen and oxygen atoms in total. The van der Waals surface area contributed by atoms with Crippen LogP contribution in [0.5, 0.6) is 0 Å². The summed E-state index contributed by atoms with van der Waals surface area (Å²) in [4.78, 5) is 19.4. The van der Waals surface area contributed by atoms with E-state index in [9.17, 15) is 4.79 Å². The lowest BCUT2D eigenvalue weighted by atomic mass is 9.91. The largest absolute Gasteiger partial charge is 0.377 e. The van der Waals surface area contributed by atoms with Crippen LogP contribution >= 0.6 is 0 Å². The molecule has 1 saturated heterocycles. The minimum absolute atomic E-state index is 0.146. The number of methoxy groups -OCH3 is 1. The Kier molecular flexibility index (Phi) is 4.76. The lowest BCUT2D eigenvalue weighted by molar-refractivity contribution is -0.129. The maximum Gasteiger partial charge on any atom is 0.228 e. The standard InChI is InChI=1S/C18H26N6O2/c1-3-24-7-6-13(22-24)8-17(25)23-9-14(12-4-5-12)15(10-23)18-19-16(11-26-2)20-21-18/h6-7,12,14-15H,3-5,8-11H2,1-2H3,(H,19,20,21)/t14-,15+/m1/s1. The molecule has 0 bridgehead atoms. The van der Waals surface area contributed by atoms with Crippen molar-refractivity contribution in [2.24, 2.45) is 11.8 Å². The van der Waals surface area contributed by atoms with Gasteiger partial charge in [0.1, 0.15) is 6.61 Å². The number of rotatable bonds is 7. The highest BCUT2D eigenvalue weighted by Gasteiger charge is 2.45. The molecular formula is C18H26N6O2. The van der Waals surface area contributed by atoms with Gasteiger partial charge in [0.05, 0.1) is 12.1 Å². The van der Waals surface area contributed by atoms with E-state index >= 15 is 0 Å². The topological polar surface area (TPSA) is 88.9 Å². The lowest BCUT2D eigenvalue weighted by Gasteiger charge is -2.15. The molecule has 0 spiro atoms. The first kappa shape index (κ1) is 17.2. The first-order valence-electron chi connectivity index (χ1n) is 9.38. The van der Waals surface area contributed by atoms with Gasteiger partial charge in [0.25, 0.3) is 0 Å². The summed E-state index contributed by atoms with van der Waals surface area (Å²) in [5.74, 6) is 3.07. The third-order valence-corrected chi connectivity index (χ3v) is 5.46.